The van der Waals surface area contributed by atoms with Crippen LogP contribution in [0.3, 0.4) is 0 Å². The summed E-state index contributed by atoms with van der Waals surface area (Å²) in [6, 6.07) is 10.2. The van der Waals surface area contributed by atoms with Crippen LogP contribution in [0, 0.1) is 0 Å². The van der Waals surface area contributed by atoms with E-state index >= 15 is 0 Å². The summed E-state index contributed by atoms with van der Waals surface area (Å²) in [6.07, 6.45) is 1.99. The number of hydrogen-bond donors (Lipinski definition) is 0. The van der Waals surface area contributed by atoms with Crippen molar-refractivity contribution in [1.82, 2.24) is 14.6 Å². The number of imidazole rings is 1. The number of anilines is 1. The van der Waals surface area contributed by atoms with E-state index in [2.05, 4.69) is 27.1 Å². The number of fused-ring (bicyclic) bond motifs is 1. The standard InChI is InChI=1S/C14H14N4OS/c1-2-4-11(5-3-1)12-10-18-13(15-12)20-14(16-18)17-6-8-19-9-7-17/h1-5,10H,6-9H2. The highest BCUT2D eigenvalue weighted by molar-refractivity contribution is 7.20. The summed E-state index contributed by atoms with van der Waals surface area (Å²) in [5, 5.41) is 5.65. The van der Waals surface area contributed by atoms with Crippen LogP contribution in [0.5, 0.6) is 0 Å². The van der Waals surface area contributed by atoms with E-state index < -0.39 is 0 Å². The first-order chi connectivity index (χ1) is 9.90. The number of morpholine rings is 1. The predicted octanol–water partition coefficient (Wildman–Crippen LogP) is 2.29. The molecule has 0 radical (unpaired) electrons. The third kappa shape index (κ3) is 2.07. The van der Waals surface area contributed by atoms with Gasteiger partial charge in [-0.2, -0.15) is 0 Å². The molecule has 1 aliphatic heterocycles. The molecule has 0 N–H and O–H groups in total. The van der Waals surface area contributed by atoms with E-state index in [9.17, 15) is 0 Å². The van der Waals surface area contributed by atoms with Crippen LogP contribution in [-0.2, 0) is 4.74 Å². The first kappa shape index (κ1) is 11.9. The Kier molecular flexibility index (Phi) is 2.90. The molecule has 4 rings (SSSR count). The molecule has 1 saturated heterocycles. The van der Waals surface area contributed by atoms with Gasteiger partial charge in [0.2, 0.25) is 10.1 Å². The van der Waals surface area contributed by atoms with Crippen LogP contribution in [0.4, 0.5) is 5.13 Å². The van der Waals surface area contributed by atoms with Crippen molar-refractivity contribution in [3.63, 3.8) is 0 Å². The molecule has 3 aromatic rings. The molecule has 1 aliphatic rings. The van der Waals surface area contributed by atoms with Gasteiger partial charge in [0.05, 0.1) is 25.1 Å². The van der Waals surface area contributed by atoms with Crippen molar-refractivity contribution >= 4 is 21.4 Å². The van der Waals surface area contributed by atoms with Gasteiger partial charge >= 0.3 is 0 Å². The van der Waals surface area contributed by atoms with E-state index in [1.165, 1.54) is 0 Å². The van der Waals surface area contributed by atoms with Crippen molar-refractivity contribution < 1.29 is 4.74 Å². The van der Waals surface area contributed by atoms with E-state index in [1.807, 2.05) is 28.9 Å². The second kappa shape index (κ2) is 4.88. The lowest BCUT2D eigenvalue weighted by molar-refractivity contribution is 0.122. The molecule has 0 spiro atoms. The highest BCUT2D eigenvalue weighted by Gasteiger charge is 2.17. The zero-order chi connectivity index (χ0) is 13.4. The zero-order valence-corrected chi connectivity index (χ0v) is 11.7. The summed E-state index contributed by atoms with van der Waals surface area (Å²) >= 11 is 1.63. The second-order valence-electron chi connectivity index (χ2n) is 4.70. The fraction of sp³-hybridized carbons (Fsp3) is 0.286. The largest absolute Gasteiger partial charge is 0.378 e. The molecule has 0 amide bonds. The van der Waals surface area contributed by atoms with Gasteiger partial charge in [0.25, 0.3) is 0 Å². The zero-order valence-electron chi connectivity index (χ0n) is 10.9. The van der Waals surface area contributed by atoms with Gasteiger partial charge in [-0.05, 0) is 0 Å². The Morgan fingerprint density at radius 1 is 1.10 bits per heavy atom. The number of rotatable bonds is 2. The van der Waals surface area contributed by atoms with Crippen molar-refractivity contribution in [2.75, 3.05) is 31.2 Å². The van der Waals surface area contributed by atoms with Gasteiger partial charge in [-0.15, -0.1) is 5.10 Å². The molecule has 6 heteroatoms. The molecule has 1 fully saturated rings. The Bertz CT molecular complexity index is 684. The molecule has 3 heterocycles. The highest BCUT2D eigenvalue weighted by atomic mass is 32.1. The van der Waals surface area contributed by atoms with Crippen LogP contribution in [-0.4, -0.2) is 40.9 Å². The molecule has 20 heavy (non-hydrogen) atoms. The van der Waals surface area contributed by atoms with Gasteiger partial charge in [-0.3, -0.25) is 0 Å². The van der Waals surface area contributed by atoms with E-state index in [0.29, 0.717) is 0 Å². The van der Waals surface area contributed by atoms with E-state index in [4.69, 9.17) is 4.74 Å². The maximum absolute atomic E-state index is 5.37. The second-order valence-corrected chi connectivity index (χ2v) is 5.64. The number of ether oxygens (including phenoxy) is 1. The van der Waals surface area contributed by atoms with Crippen LogP contribution in [0.25, 0.3) is 16.2 Å². The first-order valence-corrected chi connectivity index (χ1v) is 7.46. The molecule has 0 aliphatic carbocycles. The van der Waals surface area contributed by atoms with Gasteiger partial charge in [0.1, 0.15) is 0 Å². The van der Waals surface area contributed by atoms with Crippen molar-refractivity contribution in [2.45, 2.75) is 0 Å². The minimum absolute atomic E-state index is 0.775. The number of benzene rings is 1. The lowest BCUT2D eigenvalue weighted by Gasteiger charge is -2.25. The minimum atomic E-state index is 0.775. The molecule has 0 saturated carbocycles. The van der Waals surface area contributed by atoms with Crippen molar-refractivity contribution in [3.05, 3.63) is 36.5 Å². The molecule has 0 bridgehead atoms. The summed E-state index contributed by atoms with van der Waals surface area (Å²) < 4.78 is 7.24. The number of aromatic nitrogens is 3. The van der Waals surface area contributed by atoms with Crippen LogP contribution in [0.15, 0.2) is 36.5 Å². The summed E-state index contributed by atoms with van der Waals surface area (Å²) in [7, 11) is 0. The van der Waals surface area contributed by atoms with E-state index in [1.54, 1.807) is 11.3 Å². The fourth-order valence-corrected chi connectivity index (χ4v) is 3.25. The molecule has 1 aromatic carbocycles. The van der Waals surface area contributed by atoms with Crippen LogP contribution in [0.1, 0.15) is 0 Å². The Morgan fingerprint density at radius 2 is 1.90 bits per heavy atom. The Morgan fingerprint density at radius 3 is 2.65 bits per heavy atom. The summed E-state index contributed by atoms with van der Waals surface area (Å²) in [6.45, 7) is 3.36. The fourth-order valence-electron chi connectivity index (χ4n) is 2.32. The average molecular weight is 286 g/mol. The lowest BCUT2D eigenvalue weighted by atomic mass is 10.2. The van der Waals surface area contributed by atoms with Gasteiger partial charge in [0.15, 0.2) is 0 Å². The molecule has 102 valence electrons. The topological polar surface area (TPSA) is 42.7 Å². The monoisotopic (exact) mass is 286 g/mol. The average Bonchev–Trinajstić information content (AvgIpc) is 3.08. The smallest absolute Gasteiger partial charge is 0.214 e. The van der Waals surface area contributed by atoms with Gasteiger partial charge in [0, 0.05) is 18.7 Å². The number of hydrogen-bond acceptors (Lipinski definition) is 5. The van der Waals surface area contributed by atoms with Crippen molar-refractivity contribution in [3.8, 4) is 11.3 Å². The van der Waals surface area contributed by atoms with Crippen LogP contribution < -0.4 is 4.90 Å². The third-order valence-electron chi connectivity index (χ3n) is 3.38. The van der Waals surface area contributed by atoms with Crippen molar-refractivity contribution in [1.29, 1.82) is 0 Å². The normalized spacial score (nSPS) is 15.9. The molecular weight excluding hydrogens is 272 g/mol. The summed E-state index contributed by atoms with van der Waals surface area (Å²) in [5.41, 5.74) is 2.09. The third-order valence-corrected chi connectivity index (χ3v) is 4.37. The van der Waals surface area contributed by atoms with Gasteiger partial charge in [-0.25, -0.2) is 9.50 Å². The van der Waals surface area contributed by atoms with E-state index in [0.717, 1.165) is 47.7 Å². The quantitative estimate of drug-likeness (QED) is 0.725. The highest BCUT2D eigenvalue weighted by Crippen LogP contribution is 2.26. The van der Waals surface area contributed by atoms with Crippen LogP contribution in [0.2, 0.25) is 0 Å². The molecule has 2 aromatic heterocycles. The van der Waals surface area contributed by atoms with E-state index in [-0.39, 0.29) is 0 Å². The Balaban J connectivity index is 1.67. The van der Waals surface area contributed by atoms with Gasteiger partial charge < -0.3 is 9.64 Å². The molecular formula is C14H14N4OS. The molecule has 0 atom stereocenters. The Hall–Kier alpha value is -1.92. The van der Waals surface area contributed by atoms with Crippen LogP contribution >= 0.6 is 11.3 Å². The molecule has 5 nitrogen and oxygen atoms in total. The maximum Gasteiger partial charge on any atom is 0.214 e. The summed E-state index contributed by atoms with van der Waals surface area (Å²) in [5.74, 6) is 0. The first-order valence-electron chi connectivity index (χ1n) is 6.64. The number of nitrogens with zero attached hydrogens (tertiary/aromatic N) is 4. The lowest BCUT2D eigenvalue weighted by Crippen LogP contribution is -2.36. The maximum atomic E-state index is 5.37. The minimum Gasteiger partial charge on any atom is -0.378 e. The Labute approximate surface area is 120 Å². The van der Waals surface area contributed by atoms with Gasteiger partial charge in [-0.1, -0.05) is 41.7 Å². The van der Waals surface area contributed by atoms with Crippen molar-refractivity contribution in [2.24, 2.45) is 0 Å². The molecule has 0 unspecified atom stereocenters. The predicted molar refractivity (Wildman–Crippen MR) is 79.3 cm³/mol. The summed E-state index contributed by atoms with van der Waals surface area (Å²) in [4.78, 5) is 7.85. The SMILES string of the molecule is c1ccc(-c2cn3nc(N4CCOCC4)sc3n2)cc1.